The molecule has 118 valence electrons. The van der Waals surface area contributed by atoms with Crippen molar-refractivity contribution in [2.24, 2.45) is 5.18 Å². The molecule has 3 aromatic rings. The largest absolute Gasteiger partial charge is 0.493 e. The quantitative estimate of drug-likeness (QED) is 0.646. The van der Waals surface area contributed by atoms with E-state index in [-0.39, 0.29) is 11.6 Å². The third-order valence-electron chi connectivity index (χ3n) is 3.67. The summed E-state index contributed by atoms with van der Waals surface area (Å²) in [5.74, 6) is 0.628. The van der Waals surface area contributed by atoms with Crippen molar-refractivity contribution in [1.29, 1.82) is 0 Å². The molecule has 0 radical (unpaired) electrons. The van der Waals surface area contributed by atoms with E-state index in [9.17, 15) is 10.0 Å². The fourth-order valence-corrected chi connectivity index (χ4v) is 2.86. The fourth-order valence-electron chi connectivity index (χ4n) is 2.50. The Hall–Kier alpha value is -2.34. The van der Waals surface area contributed by atoms with E-state index in [0.717, 1.165) is 15.7 Å². The molecular weight excluding hydrogens is 360 g/mol. The molecule has 0 atom stereocenters. The van der Waals surface area contributed by atoms with Gasteiger partial charge in [-0.1, -0.05) is 33.6 Å². The van der Waals surface area contributed by atoms with Crippen LogP contribution < -0.4 is 4.74 Å². The number of fused-ring (bicyclic) bond motifs is 1. The Balaban J connectivity index is 1.83. The number of benzene rings is 2. The third kappa shape index (κ3) is 3.07. The van der Waals surface area contributed by atoms with Gasteiger partial charge in [-0.15, -0.1) is 4.91 Å². The van der Waals surface area contributed by atoms with Crippen molar-refractivity contribution < 1.29 is 9.84 Å². The van der Waals surface area contributed by atoms with Gasteiger partial charge in [-0.3, -0.25) is 0 Å². The second-order valence-corrected chi connectivity index (χ2v) is 6.15. The van der Waals surface area contributed by atoms with E-state index in [1.54, 1.807) is 10.6 Å². The van der Waals surface area contributed by atoms with E-state index in [1.807, 2.05) is 43.3 Å². The number of nitrogens with zero attached hydrogens (tertiary/aromatic N) is 2. The maximum Gasteiger partial charge on any atom is 0.222 e. The summed E-state index contributed by atoms with van der Waals surface area (Å²) in [6.45, 7) is 2.79. The third-order valence-corrected chi connectivity index (χ3v) is 4.16. The first-order valence-electron chi connectivity index (χ1n) is 7.13. The normalized spacial score (nSPS) is 10.9. The molecule has 5 nitrogen and oxygen atoms in total. The predicted molar refractivity (Wildman–Crippen MR) is 93.4 cm³/mol. The van der Waals surface area contributed by atoms with Crippen molar-refractivity contribution in [2.75, 3.05) is 6.61 Å². The highest BCUT2D eigenvalue weighted by Crippen LogP contribution is 2.39. The number of hydrogen-bond acceptors (Lipinski definition) is 4. The molecule has 1 N–H and O–H groups in total. The molecule has 0 saturated heterocycles. The SMILES string of the molecule is Cc1ccc(OCCn2c(O)c(N=O)c3cc(Br)ccc32)cc1. The van der Waals surface area contributed by atoms with Crippen LogP contribution in [0.2, 0.25) is 0 Å². The Labute approximate surface area is 141 Å². The molecular formula is C17H15BrN2O3. The van der Waals surface area contributed by atoms with E-state index in [2.05, 4.69) is 21.1 Å². The summed E-state index contributed by atoms with van der Waals surface area (Å²) in [4.78, 5) is 11.0. The molecule has 0 amide bonds. The second-order valence-electron chi connectivity index (χ2n) is 5.24. The standard InChI is InChI=1S/C17H15BrN2O3/c1-11-2-5-13(6-3-11)23-9-8-20-15-7-4-12(18)10-14(15)16(19-22)17(20)21/h2-7,10,21H,8-9H2,1H3. The van der Waals surface area contributed by atoms with Gasteiger partial charge in [0.25, 0.3) is 0 Å². The number of hydrogen-bond donors (Lipinski definition) is 1. The zero-order valence-electron chi connectivity index (χ0n) is 12.5. The summed E-state index contributed by atoms with van der Waals surface area (Å²) >= 11 is 3.36. The van der Waals surface area contributed by atoms with Crippen molar-refractivity contribution in [3.8, 4) is 11.6 Å². The van der Waals surface area contributed by atoms with Crippen molar-refractivity contribution in [3.05, 3.63) is 57.4 Å². The Kier molecular flexibility index (Phi) is 4.34. The van der Waals surface area contributed by atoms with Crippen LogP contribution in [0.3, 0.4) is 0 Å². The van der Waals surface area contributed by atoms with Crippen molar-refractivity contribution in [1.82, 2.24) is 4.57 Å². The van der Waals surface area contributed by atoms with Gasteiger partial charge in [-0.2, -0.15) is 0 Å². The van der Waals surface area contributed by atoms with Gasteiger partial charge in [0.15, 0.2) is 5.69 Å². The summed E-state index contributed by atoms with van der Waals surface area (Å²) in [7, 11) is 0. The highest BCUT2D eigenvalue weighted by Gasteiger charge is 2.17. The van der Waals surface area contributed by atoms with Crippen molar-refractivity contribution >= 4 is 32.5 Å². The molecule has 0 saturated carbocycles. The number of aromatic hydroxyl groups is 1. The lowest BCUT2D eigenvalue weighted by Crippen LogP contribution is -2.07. The highest BCUT2D eigenvalue weighted by atomic mass is 79.9. The number of aromatic nitrogens is 1. The lowest BCUT2D eigenvalue weighted by atomic mass is 10.2. The minimum Gasteiger partial charge on any atom is -0.493 e. The van der Waals surface area contributed by atoms with Gasteiger partial charge in [0, 0.05) is 9.86 Å². The minimum absolute atomic E-state index is 0.0524. The molecule has 0 spiro atoms. The van der Waals surface area contributed by atoms with E-state index < -0.39 is 0 Å². The van der Waals surface area contributed by atoms with Crippen LogP contribution in [0.4, 0.5) is 5.69 Å². The topological polar surface area (TPSA) is 63.8 Å². The monoisotopic (exact) mass is 374 g/mol. The summed E-state index contributed by atoms with van der Waals surface area (Å²) < 4.78 is 8.14. The molecule has 0 aliphatic rings. The molecule has 1 aromatic heterocycles. The molecule has 0 fully saturated rings. The molecule has 0 bridgehead atoms. The summed E-state index contributed by atoms with van der Waals surface area (Å²) in [5, 5.41) is 13.8. The first kappa shape index (κ1) is 15.6. The zero-order valence-corrected chi connectivity index (χ0v) is 14.1. The van der Waals surface area contributed by atoms with Gasteiger partial charge in [0.2, 0.25) is 5.88 Å². The van der Waals surface area contributed by atoms with Crippen LogP contribution >= 0.6 is 15.9 Å². The Morgan fingerprint density at radius 1 is 1.22 bits per heavy atom. The predicted octanol–water partition coefficient (Wildman–Crippen LogP) is 4.89. The average Bonchev–Trinajstić information content (AvgIpc) is 2.80. The smallest absolute Gasteiger partial charge is 0.222 e. The van der Waals surface area contributed by atoms with Gasteiger partial charge in [-0.05, 0) is 42.4 Å². The lowest BCUT2D eigenvalue weighted by molar-refractivity contribution is 0.290. The molecule has 1 heterocycles. The first-order valence-corrected chi connectivity index (χ1v) is 7.93. The molecule has 3 rings (SSSR count). The zero-order chi connectivity index (χ0) is 16.4. The van der Waals surface area contributed by atoms with Crippen LogP contribution in [0.15, 0.2) is 52.1 Å². The maximum atomic E-state index is 11.0. The second kappa shape index (κ2) is 6.42. The van der Waals surface area contributed by atoms with Crippen LogP contribution in [0.1, 0.15) is 5.56 Å². The summed E-state index contributed by atoms with van der Waals surface area (Å²) in [6, 6.07) is 13.2. The number of halogens is 1. The molecule has 0 aliphatic carbocycles. The average molecular weight is 375 g/mol. The van der Waals surface area contributed by atoms with E-state index >= 15 is 0 Å². The van der Waals surface area contributed by atoms with Crippen LogP contribution in [0, 0.1) is 11.8 Å². The summed E-state index contributed by atoms with van der Waals surface area (Å²) in [6.07, 6.45) is 0. The van der Waals surface area contributed by atoms with Gasteiger partial charge >= 0.3 is 0 Å². The molecule has 0 aliphatic heterocycles. The van der Waals surface area contributed by atoms with Crippen LogP contribution in [0.5, 0.6) is 11.6 Å². The Bertz CT molecular complexity index is 856. The number of aryl methyl sites for hydroxylation is 1. The molecule has 6 heteroatoms. The number of ether oxygens (including phenoxy) is 1. The Morgan fingerprint density at radius 3 is 2.65 bits per heavy atom. The van der Waals surface area contributed by atoms with Crippen LogP contribution in [0.25, 0.3) is 10.9 Å². The number of rotatable bonds is 5. The minimum atomic E-state index is -0.138. The molecule has 23 heavy (non-hydrogen) atoms. The van der Waals surface area contributed by atoms with E-state index in [4.69, 9.17) is 4.74 Å². The lowest BCUT2D eigenvalue weighted by Gasteiger charge is -2.09. The summed E-state index contributed by atoms with van der Waals surface area (Å²) in [5.41, 5.74) is 1.96. The van der Waals surface area contributed by atoms with Gasteiger partial charge in [0.1, 0.15) is 12.4 Å². The van der Waals surface area contributed by atoms with Crippen molar-refractivity contribution in [2.45, 2.75) is 13.5 Å². The van der Waals surface area contributed by atoms with Crippen molar-refractivity contribution in [3.63, 3.8) is 0 Å². The fraction of sp³-hybridized carbons (Fsp3) is 0.176. The molecule has 0 unspecified atom stereocenters. The molecule has 2 aromatic carbocycles. The van der Waals surface area contributed by atoms with Crippen LogP contribution in [-0.2, 0) is 6.54 Å². The van der Waals surface area contributed by atoms with Gasteiger partial charge < -0.3 is 14.4 Å². The maximum absolute atomic E-state index is 11.0. The van der Waals surface area contributed by atoms with Crippen LogP contribution in [-0.4, -0.2) is 16.3 Å². The Morgan fingerprint density at radius 2 is 1.96 bits per heavy atom. The van der Waals surface area contributed by atoms with E-state index in [1.165, 1.54) is 5.56 Å². The van der Waals surface area contributed by atoms with E-state index in [0.29, 0.717) is 18.5 Å². The highest BCUT2D eigenvalue weighted by molar-refractivity contribution is 9.10. The number of nitroso groups, excluding NO2 is 1. The van der Waals surface area contributed by atoms with Gasteiger partial charge in [0.05, 0.1) is 12.1 Å². The van der Waals surface area contributed by atoms with Gasteiger partial charge in [-0.25, -0.2) is 0 Å². The first-order chi connectivity index (χ1) is 11.1.